The average molecular weight is 180 g/mol. The molecule has 2 aliphatic rings. The van der Waals surface area contributed by atoms with Gasteiger partial charge in [-0.15, -0.1) is 0 Å². The highest BCUT2D eigenvalue weighted by Crippen LogP contribution is 2.43. The Kier molecular flexibility index (Phi) is 1.94. The Morgan fingerprint density at radius 3 is 2.58 bits per heavy atom. The molecule has 0 unspecified atom stereocenters. The lowest BCUT2D eigenvalue weighted by Crippen LogP contribution is -2.27. The highest BCUT2D eigenvalue weighted by atomic mass is 28.3. The molecule has 1 saturated carbocycles. The molecule has 0 N–H and O–H groups in total. The summed E-state index contributed by atoms with van der Waals surface area (Å²) in [5.74, 6) is 2.05. The van der Waals surface area contributed by atoms with E-state index >= 15 is 0 Å². The fourth-order valence-electron chi connectivity index (χ4n) is 2.67. The molecule has 0 radical (unpaired) electrons. The van der Waals surface area contributed by atoms with Crippen LogP contribution in [0.15, 0.2) is 11.3 Å². The molecule has 0 spiro atoms. The van der Waals surface area contributed by atoms with Crippen molar-refractivity contribution >= 4 is 8.07 Å². The molecule has 0 aliphatic heterocycles. The zero-order valence-corrected chi connectivity index (χ0v) is 9.56. The van der Waals surface area contributed by atoms with Crippen molar-refractivity contribution in [2.75, 3.05) is 0 Å². The molecule has 0 amide bonds. The van der Waals surface area contributed by atoms with Crippen molar-refractivity contribution in [3.8, 4) is 0 Å². The van der Waals surface area contributed by atoms with E-state index in [4.69, 9.17) is 0 Å². The molecule has 2 bridgehead atoms. The van der Waals surface area contributed by atoms with Gasteiger partial charge in [0.1, 0.15) is 0 Å². The summed E-state index contributed by atoms with van der Waals surface area (Å²) in [7, 11) is -0.939. The van der Waals surface area contributed by atoms with E-state index in [1.54, 1.807) is 0 Å². The second kappa shape index (κ2) is 2.73. The summed E-state index contributed by atoms with van der Waals surface area (Å²) in [4.78, 5) is 0. The van der Waals surface area contributed by atoms with Crippen molar-refractivity contribution < 1.29 is 0 Å². The minimum Gasteiger partial charge on any atom is -0.0860 e. The van der Waals surface area contributed by atoms with Crippen molar-refractivity contribution in [3.05, 3.63) is 11.3 Å². The van der Waals surface area contributed by atoms with E-state index in [1.165, 1.54) is 25.7 Å². The van der Waals surface area contributed by atoms with Crippen LogP contribution in [-0.4, -0.2) is 8.07 Å². The van der Waals surface area contributed by atoms with Gasteiger partial charge in [-0.2, -0.15) is 0 Å². The second-order valence-corrected chi connectivity index (χ2v) is 10.7. The van der Waals surface area contributed by atoms with E-state index in [0.717, 1.165) is 11.8 Å². The molecule has 12 heavy (non-hydrogen) atoms. The summed E-state index contributed by atoms with van der Waals surface area (Å²) < 4.78 is 0. The highest BCUT2D eigenvalue weighted by Gasteiger charge is 2.32. The summed E-state index contributed by atoms with van der Waals surface area (Å²) in [6, 6.07) is 0. The van der Waals surface area contributed by atoms with Gasteiger partial charge in [-0.1, -0.05) is 30.9 Å². The molecule has 1 fully saturated rings. The van der Waals surface area contributed by atoms with E-state index in [-0.39, 0.29) is 0 Å². The predicted molar refractivity (Wildman–Crippen MR) is 56.9 cm³/mol. The van der Waals surface area contributed by atoms with Crippen LogP contribution in [0.1, 0.15) is 25.7 Å². The Labute approximate surface area is 77.1 Å². The molecule has 2 atom stereocenters. The number of rotatable bonds is 1. The van der Waals surface area contributed by atoms with Crippen LogP contribution in [0.2, 0.25) is 19.6 Å². The molecular formula is C11H20Si. The zero-order chi connectivity index (χ0) is 8.77. The first-order valence-corrected chi connectivity index (χ1v) is 8.77. The highest BCUT2D eigenvalue weighted by molar-refractivity contribution is 6.83. The maximum absolute atomic E-state index is 2.63. The van der Waals surface area contributed by atoms with Crippen LogP contribution < -0.4 is 0 Å². The van der Waals surface area contributed by atoms with Gasteiger partial charge in [0.2, 0.25) is 0 Å². The number of fused-ring (bicyclic) bond motifs is 2. The molecule has 0 aromatic carbocycles. The minimum absolute atomic E-state index is 0.939. The Morgan fingerprint density at radius 2 is 2.00 bits per heavy atom. The molecular weight excluding hydrogens is 160 g/mol. The van der Waals surface area contributed by atoms with Crippen molar-refractivity contribution in [1.29, 1.82) is 0 Å². The van der Waals surface area contributed by atoms with E-state index in [1.807, 2.05) is 5.20 Å². The van der Waals surface area contributed by atoms with Crippen LogP contribution >= 0.6 is 0 Å². The molecule has 0 aromatic heterocycles. The summed E-state index contributed by atoms with van der Waals surface area (Å²) in [6.07, 6.45) is 8.59. The monoisotopic (exact) mass is 180 g/mol. The molecule has 2 aliphatic carbocycles. The third kappa shape index (κ3) is 1.52. The van der Waals surface area contributed by atoms with Crippen LogP contribution in [0, 0.1) is 11.8 Å². The van der Waals surface area contributed by atoms with Crippen molar-refractivity contribution in [3.63, 3.8) is 0 Å². The summed E-state index contributed by atoms with van der Waals surface area (Å²) in [5.41, 5.74) is 0. The van der Waals surface area contributed by atoms with Crippen LogP contribution in [0.4, 0.5) is 0 Å². The smallest absolute Gasteiger partial charge is 0.0720 e. The second-order valence-electron chi connectivity index (χ2n) is 5.59. The maximum atomic E-state index is 2.63. The van der Waals surface area contributed by atoms with Gasteiger partial charge in [0, 0.05) is 0 Å². The minimum atomic E-state index is -0.939. The van der Waals surface area contributed by atoms with Gasteiger partial charge in [-0.05, 0) is 37.5 Å². The molecule has 0 saturated heterocycles. The van der Waals surface area contributed by atoms with Crippen LogP contribution in [0.25, 0.3) is 0 Å². The third-order valence-electron chi connectivity index (χ3n) is 3.49. The maximum Gasteiger partial charge on any atom is 0.0720 e. The van der Waals surface area contributed by atoms with Crippen LogP contribution in [0.3, 0.4) is 0 Å². The normalized spacial score (nSPS) is 35.1. The number of allylic oxidation sites excluding steroid dienone is 2. The van der Waals surface area contributed by atoms with Gasteiger partial charge in [0.15, 0.2) is 0 Å². The summed E-state index contributed by atoms with van der Waals surface area (Å²) in [5, 5.41) is 1.86. The lowest BCUT2D eigenvalue weighted by atomic mass is 9.95. The molecule has 68 valence electrons. The standard InChI is InChI=1S/C11H20Si/c1-12(2,3)11-7-9-4-5-10(6-9)8-11/h7,9-10H,4-6,8H2,1-3H3/t9-,10+/m0/s1. The molecule has 1 heteroatoms. The fraction of sp³-hybridized carbons (Fsp3) is 0.818. The predicted octanol–water partition coefficient (Wildman–Crippen LogP) is 3.61. The molecule has 2 rings (SSSR count). The first-order chi connectivity index (χ1) is 5.55. The number of hydrogen-bond donors (Lipinski definition) is 0. The van der Waals surface area contributed by atoms with E-state index in [2.05, 4.69) is 25.7 Å². The van der Waals surface area contributed by atoms with Crippen molar-refractivity contribution in [1.82, 2.24) is 0 Å². The lowest BCUT2D eigenvalue weighted by molar-refractivity contribution is 0.512. The zero-order valence-electron chi connectivity index (χ0n) is 8.56. The van der Waals surface area contributed by atoms with Gasteiger partial charge in [-0.3, -0.25) is 0 Å². The first-order valence-electron chi connectivity index (χ1n) is 5.27. The third-order valence-corrected chi connectivity index (χ3v) is 5.79. The largest absolute Gasteiger partial charge is 0.0860 e. The van der Waals surface area contributed by atoms with Gasteiger partial charge < -0.3 is 0 Å². The van der Waals surface area contributed by atoms with Crippen molar-refractivity contribution in [2.45, 2.75) is 45.3 Å². The fourth-order valence-corrected chi connectivity index (χ4v) is 4.31. The Hall–Kier alpha value is -0.0431. The van der Waals surface area contributed by atoms with E-state index in [0.29, 0.717) is 0 Å². The topological polar surface area (TPSA) is 0 Å². The van der Waals surface area contributed by atoms with Gasteiger partial charge in [-0.25, -0.2) is 0 Å². The van der Waals surface area contributed by atoms with Gasteiger partial charge >= 0.3 is 0 Å². The molecule has 0 nitrogen and oxygen atoms in total. The summed E-state index contributed by atoms with van der Waals surface area (Å²) >= 11 is 0. The van der Waals surface area contributed by atoms with Gasteiger partial charge in [0.05, 0.1) is 8.07 Å². The average Bonchev–Trinajstić information content (AvgIpc) is 2.28. The Bertz CT molecular complexity index is 210. The first kappa shape index (κ1) is 8.55. The molecule has 0 heterocycles. The SMILES string of the molecule is C[Si](C)(C)C1=C[C@H]2CC[C@@H](C1)C2. The Balaban J connectivity index is 2.18. The Morgan fingerprint density at radius 1 is 1.25 bits per heavy atom. The van der Waals surface area contributed by atoms with Crippen LogP contribution in [-0.2, 0) is 0 Å². The van der Waals surface area contributed by atoms with Crippen LogP contribution in [0.5, 0.6) is 0 Å². The van der Waals surface area contributed by atoms with Crippen molar-refractivity contribution in [2.24, 2.45) is 11.8 Å². The summed E-state index contributed by atoms with van der Waals surface area (Å²) in [6.45, 7) is 7.47. The van der Waals surface area contributed by atoms with E-state index in [9.17, 15) is 0 Å². The lowest BCUT2D eigenvalue weighted by Gasteiger charge is -2.28. The molecule has 0 aromatic rings. The quantitative estimate of drug-likeness (QED) is 0.541. The van der Waals surface area contributed by atoms with Gasteiger partial charge in [0.25, 0.3) is 0 Å². The number of hydrogen-bond acceptors (Lipinski definition) is 0. The van der Waals surface area contributed by atoms with E-state index < -0.39 is 8.07 Å².